The molecule has 108 valence electrons. The highest BCUT2D eigenvalue weighted by Crippen LogP contribution is 2.27. The lowest BCUT2D eigenvalue weighted by atomic mass is 10.1. The van der Waals surface area contributed by atoms with Crippen LogP contribution in [0.25, 0.3) is 10.9 Å². The molecule has 2 heterocycles. The first-order chi connectivity index (χ1) is 10.0. The van der Waals surface area contributed by atoms with Crippen molar-refractivity contribution in [3.05, 3.63) is 50.8 Å². The molecule has 0 spiro atoms. The summed E-state index contributed by atoms with van der Waals surface area (Å²) in [6.07, 6.45) is 0. The van der Waals surface area contributed by atoms with Crippen molar-refractivity contribution < 1.29 is 4.79 Å². The third kappa shape index (κ3) is 2.80. The molecule has 1 atom stereocenters. The van der Waals surface area contributed by atoms with Crippen molar-refractivity contribution in [2.24, 2.45) is 0 Å². The molecule has 0 aliphatic rings. The van der Waals surface area contributed by atoms with E-state index in [2.05, 4.69) is 15.5 Å². The quantitative estimate of drug-likeness (QED) is 0.764. The molecule has 21 heavy (non-hydrogen) atoms. The Morgan fingerprint density at radius 3 is 2.90 bits per heavy atom. The molecule has 2 aromatic heterocycles. The SMILES string of the molecule is Cc1ccc2[nH]nc(C(=O)NC(C)c3ccc(Cl)s3)c2c1. The van der Waals surface area contributed by atoms with Crippen LogP contribution in [0.2, 0.25) is 4.34 Å². The molecule has 0 saturated heterocycles. The fraction of sp³-hybridized carbons (Fsp3) is 0.200. The Bertz CT molecular complexity index is 808. The van der Waals surface area contributed by atoms with Gasteiger partial charge in [-0.25, -0.2) is 0 Å². The van der Waals surface area contributed by atoms with E-state index in [9.17, 15) is 4.79 Å². The van der Waals surface area contributed by atoms with Gasteiger partial charge in [0.05, 0.1) is 15.9 Å². The van der Waals surface area contributed by atoms with Crippen LogP contribution >= 0.6 is 22.9 Å². The number of hydrogen-bond donors (Lipinski definition) is 2. The van der Waals surface area contributed by atoms with Crippen molar-refractivity contribution in [2.75, 3.05) is 0 Å². The van der Waals surface area contributed by atoms with Crippen LogP contribution in [0.3, 0.4) is 0 Å². The molecule has 0 fully saturated rings. The number of hydrogen-bond acceptors (Lipinski definition) is 3. The zero-order valence-electron chi connectivity index (χ0n) is 11.6. The Balaban J connectivity index is 1.85. The van der Waals surface area contributed by atoms with Gasteiger partial charge in [0.2, 0.25) is 0 Å². The number of rotatable bonds is 3. The molecule has 2 N–H and O–H groups in total. The van der Waals surface area contributed by atoms with Gasteiger partial charge in [-0.15, -0.1) is 11.3 Å². The number of nitrogens with zero attached hydrogens (tertiary/aromatic N) is 1. The fourth-order valence-electron chi connectivity index (χ4n) is 2.20. The van der Waals surface area contributed by atoms with Crippen LogP contribution in [0.15, 0.2) is 30.3 Å². The summed E-state index contributed by atoms with van der Waals surface area (Å²) in [5.41, 5.74) is 2.37. The summed E-state index contributed by atoms with van der Waals surface area (Å²) >= 11 is 7.39. The van der Waals surface area contributed by atoms with Gasteiger partial charge in [0.25, 0.3) is 5.91 Å². The molecule has 4 nitrogen and oxygen atoms in total. The topological polar surface area (TPSA) is 57.8 Å². The number of carbonyl (C=O) groups is 1. The molecule has 0 saturated carbocycles. The number of benzene rings is 1. The molecule has 6 heteroatoms. The molecule has 0 aliphatic heterocycles. The summed E-state index contributed by atoms with van der Waals surface area (Å²) in [5.74, 6) is -0.191. The number of H-pyrrole nitrogens is 1. The first kappa shape index (κ1) is 14.1. The van der Waals surface area contributed by atoms with Crippen LogP contribution < -0.4 is 5.32 Å². The summed E-state index contributed by atoms with van der Waals surface area (Å²) in [6, 6.07) is 9.52. The molecule has 0 aliphatic carbocycles. The van der Waals surface area contributed by atoms with Crippen LogP contribution in [0, 0.1) is 6.92 Å². The van der Waals surface area contributed by atoms with Crippen molar-refractivity contribution in [3.63, 3.8) is 0 Å². The number of nitrogens with one attached hydrogen (secondary N) is 2. The highest BCUT2D eigenvalue weighted by Gasteiger charge is 2.17. The van der Waals surface area contributed by atoms with Crippen LogP contribution in [0.1, 0.15) is 33.9 Å². The van der Waals surface area contributed by atoms with Crippen molar-refractivity contribution in [1.29, 1.82) is 0 Å². The Morgan fingerprint density at radius 1 is 1.38 bits per heavy atom. The fourth-order valence-corrected chi connectivity index (χ4v) is 3.26. The van der Waals surface area contributed by atoms with E-state index in [0.29, 0.717) is 10.0 Å². The van der Waals surface area contributed by atoms with Gasteiger partial charge < -0.3 is 5.32 Å². The number of amides is 1. The van der Waals surface area contributed by atoms with Gasteiger partial charge in [0.1, 0.15) is 0 Å². The zero-order chi connectivity index (χ0) is 15.0. The van der Waals surface area contributed by atoms with E-state index in [1.807, 2.05) is 44.2 Å². The third-order valence-electron chi connectivity index (χ3n) is 3.30. The van der Waals surface area contributed by atoms with Crippen molar-refractivity contribution in [2.45, 2.75) is 19.9 Å². The largest absolute Gasteiger partial charge is 0.343 e. The summed E-state index contributed by atoms with van der Waals surface area (Å²) in [7, 11) is 0. The second kappa shape index (κ2) is 5.50. The molecule has 1 amide bonds. The predicted octanol–water partition coefficient (Wildman–Crippen LogP) is 4.08. The standard InChI is InChI=1S/C15H14ClN3OS/c1-8-3-4-11-10(7-8)14(19-18-11)15(20)17-9(2)12-5-6-13(16)21-12/h3-7,9H,1-2H3,(H,17,20)(H,18,19). The molecule has 3 aromatic rings. The monoisotopic (exact) mass is 319 g/mol. The Hall–Kier alpha value is -1.85. The summed E-state index contributed by atoms with van der Waals surface area (Å²) < 4.78 is 0.715. The van der Waals surface area contributed by atoms with Gasteiger partial charge >= 0.3 is 0 Å². The van der Waals surface area contributed by atoms with Crippen molar-refractivity contribution >= 4 is 39.7 Å². The molecule has 1 unspecified atom stereocenters. The molecule has 0 bridgehead atoms. The number of fused-ring (bicyclic) bond motifs is 1. The number of aromatic amines is 1. The molecular weight excluding hydrogens is 306 g/mol. The van der Waals surface area contributed by atoms with E-state index >= 15 is 0 Å². The maximum atomic E-state index is 12.4. The van der Waals surface area contributed by atoms with E-state index < -0.39 is 0 Å². The maximum absolute atomic E-state index is 12.4. The van der Waals surface area contributed by atoms with Crippen LogP contribution in [0.5, 0.6) is 0 Å². The number of halogens is 1. The number of aryl methyl sites for hydroxylation is 1. The molecule has 0 radical (unpaired) electrons. The van der Waals surface area contributed by atoms with E-state index in [1.54, 1.807) is 0 Å². The average Bonchev–Trinajstić information content (AvgIpc) is 3.04. The highest BCUT2D eigenvalue weighted by atomic mass is 35.5. The Kier molecular flexibility index (Phi) is 3.69. The van der Waals surface area contributed by atoms with Gasteiger partial charge in [0, 0.05) is 10.3 Å². The number of thiophene rings is 1. The predicted molar refractivity (Wildman–Crippen MR) is 86.0 cm³/mol. The zero-order valence-corrected chi connectivity index (χ0v) is 13.2. The van der Waals surface area contributed by atoms with Crippen molar-refractivity contribution in [1.82, 2.24) is 15.5 Å². The van der Waals surface area contributed by atoms with Gasteiger partial charge in [-0.1, -0.05) is 23.2 Å². The lowest BCUT2D eigenvalue weighted by Crippen LogP contribution is -2.26. The molecule has 1 aromatic carbocycles. The third-order valence-corrected chi connectivity index (χ3v) is 4.72. The van der Waals surface area contributed by atoms with Crippen LogP contribution in [0.4, 0.5) is 0 Å². The van der Waals surface area contributed by atoms with E-state index in [1.165, 1.54) is 11.3 Å². The van der Waals surface area contributed by atoms with E-state index in [4.69, 9.17) is 11.6 Å². The first-order valence-corrected chi connectivity index (χ1v) is 7.75. The van der Waals surface area contributed by atoms with Gasteiger partial charge in [-0.2, -0.15) is 5.10 Å². The summed E-state index contributed by atoms with van der Waals surface area (Å²) in [6.45, 7) is 3.92. The van der Waals surface area contributed by atoms with E-state index in [0.717, 1.165) is 21.3 Å². The number of carbonyl (C=O) groups excluding carboxylic acids is 1. The summed E-state index contributed by atoms with van der Waals surface area (Å²) in [4.78, 5) is 13.4. The lowest BCUT2D eigenvalue weighted by Gasteiger charge is -2.11. The van der Waals surface area contributed by atoms with Crippen molar-refractivity contribution in [3.8, 4) is 0 Å². The first-order valence-electron chi connectivity index (χ1n) is 6.55. The van der Waals surface area contributed by atoms with Crippen LogP contribution in [-0.2, 0) is 0 Å². The second-order valence-electron chi connectivity index (χ2n) is 4.96. The Labute approximate surface area is 131 Å². The van der Waals surface area contributed by atoms with Gasteiger partial charge in [-0.05, 0) is 38.1 Å². The van der Waals surface area contributed by atoms with Gasteiger partial charge in [-0.3, -0.25) is 9.89 Å². The lowest BCUT2D eigenvalue weighted by molar-refractivity contribution is 0.0937. The smallest absolute Gasteiger partial charge is 0.272 e. The number of aromatic nitrogens is 2. The summed E-state index contributed by atoms with van der Waals surface area (Å²) in [5, 5.41) is 10.8. The minimum atomic E-state index is -0.191. The minimum absolute atomic E-state index is 0.105. The minimum Gasteiger partial charge on any atom is -0.343 e. The van der Waals surface area contributed by atoms with Crippen LogP contribution in [-0.4, -0.2) is 16.1 Å². The molecular formula is C15H14ClN3OS. The Morgan fingerprint density at radius 2 is 2.19 bits per heavy atom. The average molecular weight is 320 g/mol. The van der Waals surface area contributed by atoms with E-state index in [-0.39, 0.29) is 11.9 Å². The second-order valence-corrected chi connectivity index (χ2v) is 6.70. The molecule has 3 rings (SSSR count). The maximum Gasteiger partial charge on any atom is 0.272 e. The normalized spacial score (nSPS) is 12.5. The highest BCUT2D eigenvalue weighted by molar-refractivity contribution is 7.16. The van der Waals surface area contributed by atoms with Gasteiger partial charge in [0.15, 0.2) is 5.69 Å².